The summed E-state index contributed by atoms with van der Waals surface area (Å²) in [5.41, 5.74) is 9.94. The van der Waals surface area contributed by atoms with Crippen LogP contribution in [0.25, 0.3) is 21.0 Å². The molecule has 0 fully saturated rings. The Labute approximate surface area is 204 Å². The Hall–Kier alpha value is -4.57. The average molecular weight is 484 g/mol. The van der Waals surface area contributed by atoms with Crippen LogP contribution in [0.4, 0.5) is 28.7 Å². The van der Waals surface area contributed by atoms with Gasteiger partial charge in [-0.05, 0) is 36.8 Å². The fourth-order valence-electron chi connectivity index (χ4n) is 3.86. The van der Waals surface area contributed by atoms with Crippen LogP contribution < -0.4 is 21.7 Å². The number of thiophene rings is 1. The zero-order valence-corrected chi connectivity index (χ0v) is 19.7. The Morgan fingerprint density at radius 3 is 2.63 bits per heavy atom. The van der Waals surface area contributed by atoms with Crippen molar-refractivity contribution >= 4 is 72.8 Å². The molecule has 0 saturated carbocycles. The molecule has 0 radical (unpaired) electrons. The number of hydrogen-bond acceptors (Lipinski definition) is 8. The van der Waals surface area contributed by atoms with Gasteiger partial charge in [0.15, 0.2) is 0 Å². The number of nitrogens with two attached hydrogens (primary N) is 1. The van der Waals surface area contributed by atoms with Gasteiger partial charge in [-0.25, -0.2) is 15.0 Å². The lowest BCUT2D eigenvalue weighted by Gasteiger charge is -2.15. The summed E-state index contributed by atoms with van der Waals surface area (Å²) in [7, 11) is 0. The molecule has 2 amide bonds. The number of pyridine rings is 1. The predicted octanol–water partition coefficient (Wildman–Crippen LogP) is 5.08. The molecular formula is C25H21N7O2S. The number of anilines is 5. The maximum absolute atomic E-state index is 13.2. The number of nitrogens with one attached hydrogen (secondary N) is 3. The number of nitrogens with zero attached hydrogens (tertiary/aromatic N) is 3. The predicted molar refractivity (Wildman–Crippen MR) is 140 cm³/mol. The largest absolute Gasteiger partial charge is 0.382 e. The number of benzene rings is 2. The molecule has 35 heavy (non-hydrogen) atoms. The summed E-state index contributed by atoms with van der Waals surface area (Å²) in [5.74, 6) is 0.553. The Morgan fingerprint density at radius 2 is 1.80 bits per heavy atom. The monoisotopic (exact) mass is 483 g/mol. The van der Waals surface area contributed by atoms with Gasteiger partial charge < -0.3 is 21.7 Å². The van der Waals surface area contributed by atoms with Gasteiger partial charge in [0.1, 0.15) is 18.0 Å². The number of rotatable bonds is 5. The molecule has 5 aromatic rings. The fraction of sp³-hybridized carbons (Fsp3) is 0.0800. The van der Waals surface area contributed by atoms with Gasteiger partial charge in [0.25, 0.3) is 5.91 Å². The maximum atomic E-state index is 13.2. The summed E-state index contributed by atoms with van der Waals surface area (Å²) >= 11 is 1.34. The summed E-state index contributed by atoms with van der Waals surface area (Å²) in [6.45, 7) is 3.40. The van der Waals surface area contributed by atoms with Gasteiger partial charge in [0, 0.05) is 40.6 Å². The Kier molecular flexibility index (Phi) is 5.71. The molecule has 5 N–H and O–H groups in total. The molecule has 0 spiro atoms. The first-order valence-electron chi connectivity index (χ1n) is 10.7. The van der Waals surface area contributed by atoms with Crippen LogP contribution in [0, 0.1) is 6.92 Å². The number of fused-ring (bicyclic) bond motifs is 2. The van der Waals surface area contributed by atoms with Crippen molar-refractivity contribution in [2.75, 3.05) is 21.7 Å². The molecular weight excluding hydrogens is 462 g/mol. The summed E-state index contributed by atoms with van der Waals surface area (Å²) in [4.78, 5) is 37.4. The van der Waals surface area contributed by atoms with Crippen molar-refractivity contribution < 1.29 is 9.59 Å². The van der Waals surface area contributed by atoms with Gasteiger partial charge in [0.05, 0.1) is 21.5 Å². The Bertz CT molecular complexity index is 1610. The van der Waals surface area contributed by atoms with Gasteiger partial charge in [0.2, 0.25) is 5.91 Å². The van der Waals surface area contributed by atoms with Crippen molar-refractivity contribution in [1.29, 1.82) is 0 Å². The van der Waals surface area contributed by atoms with E-state index in [1.807, 2.05) is 49.4 Å². The highest BCUT2D eigenvalue weighted by Crippen LogP contribution is 2.34. The van der Waals surface area contributed by atoms with Crippen LogP contribution in [0.1, 0.15) is 22.8 Å². The van der Waals surface area contributed by atoms with E-state index in [9.17, 15) is 9.59 Å². The van der Waals surface area contributed by atoms with Crippen molar-refractivity contribution in [1.82, 2.24) is 15.0 Å². The molecule has 9 nitrogen and oxygen atoms in total. The second-order valence-corrected chi connectivity index (χ2v) is 8.82. The second-order valence-electron chi connectivity index (χ2n) is 7.94. The van der Waals surface area contributed by atoms with Crippen molar-refractivity contribution in [2.24, 2.45) is 0 Å². The zero-order valence-electron chi connectivity index (χ0n) is 18.9. The quantitative estimate of drug-likeness (QED) is 0.274. The third kappa shape index (κ3) is 4.34. The Balaban J connectivity index is 1.50. The van der Waals surface area contributed by atoms with Gasteiger partial charge in [-0.3, -0.25) is 9.59 Å². The minimum atomic E-state index is -0.278. The molecule has 174 valence electrons. The van der Waals surface area contributed by atoms with Gasteiger partial charge in [-0.2, -0.15) is 0 Å². The first-order chi connectivity index (χ1) is 16.9. The van der Waals surface area contributed by atoms with Crippen LogP contribution in [-0.2, 0) is 4.79 Å². The van der Waals surface area contributed by atoms with Crippen LogP contribution in [0.5, 0.6) is 0 Å². The fourth-order valence-corrected chi connectivity index (χ4v) is 4.76. The van der Waals surface area contributed by atoms with Crippen molar-refractivity contribution in [3.05, 3.63) is 71.5 Å². The first kappa shape index (κ1) is 22.2. The van der Waals surface area contributed by atoms with Gasteiger partial charge in [-0.1, -0.05) is 18.2 Å². The normalized spacial score (nSPS) is 10.9. The van der Waals surface area contributed by atoms with E-state index in [4.69, 9.17) is 5.73 Å². The van der Waals surface area contributed by atoms with E-state index in [1.54, 1.807) is 11.6 Å². The van der Waals surface area contributed by atoms with Crippen molar-refractivity contribution in [2.45, 2.75) is 13.8 Å². The van der Waals surface area contributed by atoms with E-state index < -0.39 is 0 Å². The summed E-state index contributed by atoms with van der Waals surface area (Å²) < 4.78 is 0.685. The third-order valence-corrected chi connectivity index (χ3v) is 6.46. The highest BCUT2D eigenvalue weighted by molar-refractivity contribution is 7.18. The number of amides is 2. The average Bonchev–Trinajstić information content (AvgIpc) is 3.26. The van der Waals surface area contributed by atoms with Crippen LogP contribution in [-0.4, -0.2) is 26.8 Å². The highest BCUT2D eigenvalue weighted by atomic mass is 32.1. The SMILES string of the molecule is CC(=O)Nc1cccc(Nc2nccc3c(NC(=O)c4csc5c(N)ncnc45)c(C)ccc23)c1. The summed E-state index contributed by atoms with van der Waals surface area (Å²) in [6.07, 6.45) is 3.04. The van der Waals surface area contributed by atoms with Crippen LogP contribution >= 0.6 is 11.3 Å². The van der Waals surface area contributed by atoms with Crippen LogP contribution in [0.2, 0.25) is 0 Å². The Morgan fingerprint density at radius 1 is 0.971 bits per heavy atom. The zero-order chi connectivity index (χ0) is 24.5. The van der Waals surface area contributed by atoms with Crippen LogP contribution in [0.15, 0.2) is 60.4 Å². The molecule has 5 rings (SSSR count). The third-order valence-electron chi connectivity index (χ3n) is 5.46. The second kappa shape index (κ2) is 8.99. The minimum absolute atomic E-state index is 0.145. The standard InChI is InChI=1S/C25H21N7O2S/c1-13-6-7-18-17(8-9-27-24(18)31-16-5-3-4-15(10-16)30-14(2)33)20(13)32-25(34)19-11-35-22-21(19)28-12-29-23(22)26/h3-12H,1-2H3,(H,27,31)(H,30,33)(H,32,34)(H2,26,28,29). The van der Waals surface area contributed by atoms with Crippen LogP contribution in [0.3, 0.4) is 0 Å². The lowest BCUT2D eigenvalue weighted by molar-refractivity contribution is -0.114. The van der Waals surface area contributed by atoms with E-state index in [0.29, 0.717) is 38.8 Å². The van der Waals surface area contributed by atoms with E-state index in [0.717, 1.165) is 22.0 Å². The molecule has 0 aliphatic rings. The molecule has 0 unspecified atom stereocenters. The molecule has 0 atom stereocenters. The van der Waals surface area contributed by atoms with E-state index >= 15 is 0 Å². The molecule has 0 saturated heterocycles. The van der Waals surface area contributed by atoms with Crippen molar-refractivity contribution in [3.63, 3.8) is 0 Å². The lowest BCUT2D eigenvalue weighted by atomic mass is 10.0. The van der Waals surface area contributed by atoms with E-state index in [-0.39, 0.29) is 11.8 Å². The summed E-state index contributed by atoms with van der Waals surface area (Å²) in [5, 5.41) is 12.5. The number of carbonyl (C=O) groups is 2. The highest BCUT2D eigenvalue weighted by Gasteiger charge is 2.18. The number of aryl methyl sites for hydroxylation is 1. The summed E-state index contributed by atoms with van der Waals surface area (Å²) in [6, 6.07) is 13.1. The number of carbonyl (C=O) groups excluding carboxylic acids is 2. The number of nitrogen functional groups attached to an aromatic ring is 1. The maximum Gasteiger partial charge on any atom is 0.258 e. The molecule has 3 heterocycles. The molecule has 3 aromatic heterocycles. The lowest BCUT2D eigenvalue weighted by Crippen LogP contribution is -2.13. The van der Waals surface area contributed by atoms with Crippen molar-refractivity contribution in [3.8, 4) is 0 Å². The van der Waals surface area contributed by atoms with Gasteiger partial charge in [-0.15, -0.1) is 11.3 Å². The van der Waals surface area contributed by atoms with E-state index in [2.05, 4.69) is 30.9 Å². The molecule has 0 bridgehead atoms. The smallest absolute Gasteiger partial charge is 0.258 e. The molecule has 2 aromatic carbocycles. The molecule has 0 aliphatic heterocycles. The van der Waals surface area contributed by atoms with E-state index in [1.165, 1.54) is 24.6 Å². The molecule has 0 aliphatic carbocycles. The minimum Gasteiger partial charge on any atom is -0.382 e. The number of aromatic nitrogens is 3. The molecule has 10 heteroatoms. The van der Waals surface area contributed by atoms with Gasteiger partial charge >= 0.3 is 0 Å². The first-order valence-corrected chi connectivity index (χ1v) is 11.6. The topological polar surface area (TPSA) is 135 Å². The number of hydrogen-bond donors (Lipinski definition) is 4.